The summed E-state index contributed by atoms with van der Waals surface area (Å²) in [5.41, 5.74) is 0.832. The number of methoxy groups -OCH3 is 1. The molecule has 0 amide bonds. The van der Waals surface area contributed by atoms with E-state index in [0.717, 1.165) is 12.0 Å². The van der Waals surface area contributed by atoms with E-state index in [2.05, 4.69) is 25.2 Å². The van der Waals surface area contributed by atoms with E-state index in [4.69, 9.17) is 14.2 Å². The number of allylic oxidation sites excluding steroid dienone is 2. The standard InChI is InChI=1S/C20H27NO5/c1-5-6-20(2,3)9-14-17(19(22)23)13(10-21-14)12-7-15(24-4)18-16(8-12)25-11-26-18/h5-8,13-14,17,21H,9-11H2,1-4H3,(H,22,23)/t13?,14-,17?/m0/s1. The van der Waals surface area contributed by atoms with E-state index in [0.29, 0.717) is 23.8 Å². The average molecular weight is 361 g/mol. The van der Waals surface area contributed by atoms with E-state index in [1.54, 1.807) is 7.11 Å². The van der Waals surface area contributed by atoms with E-state index in [1.165, 1.54) is 0 Å². The summed E-state index contributed by atoms with van der Waals surface area (Å²) in [5, 5.41) is 13.3. The van der Waals surface area contributed by atoms with Crippen LogP contribution in [-0.2, 0) is 4.79 Å². The van der Waals surface area contributed by atoms with Crippen LogP contribution in [0.2, 0.25) is 0 Å². The zero-order chi connectivity index (χ0) is 18.9. The molecule has 6 nitrogen and oxygen atoms in total. The number of carboxylic acid groups (broad SMARTS) is 1. The molecule has 1 aromatic carbocycles. The van der Waals surface area contributed by atoms with Crippen molar-refractivity contribution in [2.45, 2.75) is 39.2 Å². The van der Waals surface area contributed by atoms with Crippen molar-refractivity contribution in [1.82, 2.24) is 5.32 Å². The molecule has 142 valence electrons. The molecule has 0 bridgehead atoms. The van der Waals surface area contributed by atoms with Crippen molar-refractivity contribution in [2.24, 2.45) is 11.3 Å². The first kappa shape index (κ1) is 18.6. The van der Waals surface area contributed by atoms with Crippen molar-refractivity contribution in [2.75, 3.05) is 20.4 Å². The Morgan fingerprint density at radius 1 is 1.42 bits per heavy atom. The molecule has 3 atom stereocenters. The second-order valence-electron chi connectivity index (χ2n) is 7.63. The topological polar surface area (TPSA) is 77.0 Å². The van der Waals surface area contributed by atoms with Crippen molar-refractivity contribution < 1.29 is 24.1 Å². The molecule has 1 aromatic rings. The lowest BCUT2D eigenvalue weighted by atomic mass is 9.78. The fourth-order valence-electron chi connectivity index (χ4n) is 4.13. The summed E-state index contributed by atoms with van der Waals surface area (Å²) in [5.74, 6) is 0.336. The number of rotatable bonds is 6. The maximum atomic E-state index is 12.1. The number of benzene rings is 1. The van der Waals surface area contributed by atoms with Crippen LogP contribution in [0.15, 0.2) is 24.3 Å². The van der Waals surface area contributed by atoms with Crippen molar-refractivity contribution in [3.63, 3.8) is 0 Å². The largest absolute Gasteiger partial charge is 0.493 e. The van der Waals surface area contributed by atoms with E-state index in [9.17, 15) is 9.90 Å². The molecule has 2 aliphatic rings. The summed E-state index contributed by atoms with van der Waals surface area (Å²) in [7, 11) is 1.57. The molecule has 0 spiro atoms. The minimum Gasteiger partial charge on any atom is -0.493 e. The number of ether oxygens (including phenoxy) is 3. The van der Waals surface area contributed by atoms with Crippen molar-refractivity contribution >= 4 is 5.97 Å². The first-order chi connectivity index (χ1) is 12.4. The van der Waals surface area contributed by atoms with Crippen molar-refractivity contribution in [3.05, 3.63) is 29.8 Å². The van der Waals surface area contributed by atoms with E-state index >= 15 is 0 Å². The molecule has 2 heterocycles. The third kappa shape index (κ3) is 3.51. The number of hydrogen-bond donors (Lipinski definition) is 2. The highest BCUT2D eigenvalue weighted by atomic mass is 16.7. The summed E-state index contributed by atoms with van der Waals surface area (Å²) < 4.78 is 16.3. The Hall–Kier alpha value is -2.21. The van der Waals surface area contributed by atoms with Gasteiger partial charge in [0.2, 0.25) is 12.5 Å². The lowest BCUT2D eigenvalue weighted by molar-refractivity contribution is -0.142. The molecule has 26 heavy (non-hydrogen) atoms. The molecule has 3 rings (SSSR count). The van der Waals surface area contributed by atoms with Crippen molar-refractivity contribution in [3.8, 4) is 17.2 Å². The first-order valence-corrected chi connectivity index (χ1v) is 8.94. The fraction of sp³-hybridized carbons (Fsp3) is 0.550. The highest BCUT2D eigenvalue weighted by Gasteiger charge is 2.44. The van der Waals surface area contributed by atoms with Crippen LogP contribution in [0, 0.1) is 11.3 Å². The SMILES string of the molecule is CC=CC(C)(C)C[C@@H]1NCC(c2cc(OC)c3c(c2)OCO3)C1C(=O)O. The summed E-state index contributed by atoms with van der Waals surface area (Å²) in [6.07, 6.45) is 4.90. The Kier molecular flexibility index (Phi) is 5.14. The van der Waals surface area contributed by atoms with Crippen molar-refractivity contribution in [1.29, 1.82) is 0 Å². The predicted octanol–water partition coefficient (Wildman–Crippen LogP) is 3.17. The lowest BCUT2D eigenvalue weighted by Gasteiger charge is -2.28. The van der Waals surface area contributed by atoms with Gasteiger partial charge in [-0.2, -0.15) is 0 Å². The van der Waals surface area contributed by atoms with Crippen LogP contribution in [-0.4, -0.2) is 37.6 Å². The summed E-state index contributed by atoms with van der Waals surface area (Å²) in [4.78, 5) is 12.1. The molecular formula is C20H27NO5. The molecule has 2 unspecified atom stereocenters. The normalized spacial score (nSPS) is 25.0. The number of hydrogen-bond acceptors (Lipinski definition) is 5. The number of fused-ring (bicyclic) bond motifs is 1. The van der Waals surface area contributed by atoms with Gasteiger partial charge in [-0.25, -0.2) is 0 Å². The Bertz CT molecular complexity index is 712. The highest BCUT2D eigenvalue weighted by molar-refractivity contribution is 5.73. The van der Waals surface area contributed by atoms with E-state index in [1.807, 2.05) is 25.1 Å². The minimum atomic E-state index is -0.780. The Morgan fingerprint density at radius 2 is 2.19 bits per heavy atom. The maximum Gasteiger partial charge on any atom is 0.308 e. The van der Waals surface area contributed by atoms with Crippen LogP contribution in [0.3, 0.4) is 0 Å². The molecule has 0 saturated carbocycles. The molecule has 0 aromatic heterocycles. The fourth-order valence-corrected chi connectivity index (χ4v) is 4.13. The van der Waals surface area contributed by atoms with Gasteiger partial charge in [0.1, 0.15) is 0 Å². The summed E-state index contributed by atoms with van der Waals surface area (Å²) in [6, 6.07) is 3.65. The van der Waals surface area contributed by atoms with Crippen LogP contribution in [0.4, 0.5) is 0 Å². The van der Waals surface area contributed by atoms with Gasteiger partial charge in [0.05, 0.1) is 13.0 Å². The first-order valence-electron chi connectivity index (χ1n) is 8.94. The smallest absolute Gasteiger partial charge is 0.308 e. The number of aliphatic carboxylic acids is 1. The predicted molar refractivity (Wildman–Crippen MR) is 98.0 cm³/mol. The third-order valence-electron chi connectivity index (χ3n) is 5.22. The third-order valence-corrected chi connectivity index (χ3v) is 5.22. The Labute approximate surface area is 154 Å². The van der Waals surface area contributed by atoms with Crippen LogP contribution in [0.25, 0.3) is 0 Å². The molecule has 1 fully saturated rings. The molecule has 2 aliphatic heterocycles. The van der Waals surface area contributed by atoms with Crippen LogP contribution in [0.5, 0.6) is 17.2 Å². The molecule has 6 heteroatoms. The van der Waals surface area contributed by atoms with Gasteiger partial charge in [-0.1, -0.05) is 26.0 Å². The zero-order valence-corrected chi connectivity index (χ0v) is 15.7. The summed E-state index contributed by atoms with van der Waals surface area (Å²) >= 11 is 0. The maximum absolute atomic E-state index is 12.1. The van der Waals surface area contributed by atoms with Gasteiger partial charge in [-0.3, -0.25) is 4.79 Å². The second kappa shape index (κ2) is 7.19. The Morgan fingerprint density at radius 3 is 2.85 bits per heavy atom. The number of carboxylic acids is 1. The second-order valence-corrected chi connectivity index (χ2v) is 7.63. The van der Waals surface area contributed by atoms with Gasteiger partial charge in [0, 0.05) is 18.5 Å². The quantitative estimate of drug-likeness (QED) is 0.758. The van der Waals surface area contributed by atoms with Gasteiger partial charge < -0.3 is 24.6 Å². The van der Waals surface area contributed by atoms with Crippen LogP contribution >= 0.6 is 0 Å². The lowest BCUT2D eigenvalue weighted by Crippen LogP contribution is -2.36. The number of carbonyl (C=O) groups is 1. The average Bonchev–Trinajstić information content (AvgIpc) is 3.19. The molecule has 0 aliphatic carbocycles. The highest BCUT2D eigenvalue weighted by Crippen LogP contribution is 2.46. The molecule has 0 radical (unpaired) electrons. The minimum absolute atomic E-state index is 0.0679. The van der Waals surface area contributed by atoms with Gasteiger partial charge >= 0.3 is 5.97 Å². The number of nitrogens with one attached hydrogen (secondary N) is 1. The zero-order valence-electron chi connectivity index (χ0n) is 15.7. The van der Waals surface area contributed by atoms with Gasteiger partial charge in [-0.05, 0) is 36.5 Å². The van der Waals surface area contributed by atoms with Gasteiger partial charge in [-0.15, -0.1) is 0 Å². The van der Waals surface area contributed by atoms with Crippen LogP contribution in [0.1, 0.15) is 38.7 Å². The van der Waals surface area contributed by atoms with Gasteiger partial charge in [0.25, 0.3) is 0 Å². The monoisotopic (exact) mass is 361 g/mol. The summed E-state index contributed by atoms with van der Waals surface area (Å²) in [6.45, 7) is 7.01. The Balaban J connectivity index is 1.90. The van der Waals surface area contributed by atoms with E-state index in [-0.39, 0.29) is 24.2 Å². The van der Waals surface area contributed by atoms with E-state index < -0.39 is 11.9 Å². The molecular weight excluding hydrogens is 334 g/mol. The van der Waals surface area contributed by atoms with Crippen LogP contribution < -0.4 is 19.5 Å². The molecule has 2 N–H and O–H groups in total. The van der Waals surface area contributed by atoms with Gasteiger partial charge in [0.15, 0.2) is 11.5 Å². The molecule has 1 saturated heterocycles.